The van der Waals surface area contributed by atoms with E-state index >= 15 is 0 Å². The molecular formula is C20H37NO4P2. The zero-order valence-corrected chi connectivity index (χ0v) is 18.8. The molecule has 0 saturated carbocycles. The van der Waals surface area contributed by atoms with Crippen LogP contribution in [0.15, 0.2) is 36.5 Å². The van der Waals surface area contributed by atoms with Gasteiger partial charge >= 0.3 is 7.60 Å². The molecule has 0 radical (unpaired) electrons. The van der Waals surface area contributed by atoms with Crippen molar-refractivity contribution in [3.63, 3.8) is 0 Å². The molecule has 0 bridgehead atoms. The average molecular weight is 417 g/mol. The van der Waals surface area contributed by atoms with E-state index in [1.54, 1.807) is 0 Å². The summed E-state index contributed by atoms with van der Waals surface area (Å²) < 4.78 is 15.6. The molecule has 7 heteroatoms. The first-order valence-electron chi connectivity index (χ1n) is 9.87. The van der Waals surface area contributed by atoms with Gasteiger partial charge in [-0.15, -0.1) is 0 Å². The van der Waals surface area contributed by atoms with Crippen LogP contribution in [-0.2, 0) is 13.9 Å². The molecule has 0 aromatic rings. The first-order chi connectivity index (χ1) is 13.0. The molecule has 1 amide bonds. The van der Waals surface area contributed by atoms with Gasteiger partial charge < -0.3 is 14.5 Å². The van der Waals surface area contributed by atoms with Gasteiger partial charge in [-0.05, 0) is 38.5 Å². The summed E-state index contributed by atoms with van der Waals surface area (Å²) in [5, 5.41) is 2.72. The number of allylic oxidation sites excluding steroid dienone is 6. The molecule has 0 heterocycles. The first-order valence-corrected chi connectivity index (χ1v) is 13.1. The normalized spacial score (nSPS) is 14.8. The van der Waals surface area contributed by atoms with Gasteiger partial charge in [-0.2, -0.15) is 0 Å². The summed E-state index contributed by atoms with van der Waals surface area (Å²) in [7, 11) is -3.41. The largest absolute Gasteiger partial charge is 0.336 e. The Labute approximate surface area is 167 Å². The quantitative estimate of drug-likeness (QED) is 0.171. The van der Waals surface area contributed by atoms with Crippen LogP contribution in [0, 0.1) is 0 Å². The highest BCUT2D eigenvalue weighted by atomic mass is 31.2. The van der Waals surface area contributed by atoms with Crippen molar-refractivity contribution in [3.8, 4) is 0 Å². The van der Waals surface area contributed by atoms with Gasteiger partial charge in [0.1, 0.15) is 0 Å². The van der Waals surface area contributed by atoms with E-state index in [0.717, 1.165) is 51.6 Å². The van der Waals surface area contributed by atoms with Crippen LogP contribution in [-0.4, -0.2) is 23.8 Å². The van der Waals surface area contributed by atoms with E-state index in [1.807, 2.05) is 0 Å². The molecule has 0 saturated heterocycles. The van der Waals surface area contributed by atoms with Gasteiger partial charge in [-0.1, -0.05) is 62.6 Å². The lowest BCUT2D eigenvalue weighted by atomic mass is 10.1. The molecule has 2 N–H and O–H groups in total. The molecule has 0 aromatic carbocycles. The third-order valence-electron chi connectivity index (χ3n) is 3.66. The van der Waals surface area contributed by atoms with Gasteiger partial charge in [0.05, 0.1) is 6.35 Å². The summed E-state index contributed by atoms with van der Waals surface area (Å²) in [5.74, 6) is -0.0121. The lowest BCUT2D eigenvalue weighted by Gasteiger charge is -2.08. The first kappa shape index (κ1) is 26.3. The lowest BCUT2D eigenvalue weighted by Crippen LogP contribution is -2.14. The number of hydrogen-bond donors (Lipinski definition) is 2. The van der Waals surface area contributed by atoms with E-state index in [2.05, 4.69) is 48.5 Å². The molecule has 0 aromatic heterocycles. The van der Waals surface area contributed by atoms with Crippen LogP contribution < -0.4 is 5.09 Å². The van der Waals surface area contributed by atoms with E-state index in [-0.39, 0.29) is 21.0 Å². The van der Waals surface area contributed by atoms with Crippen molar-refractivity contribution in [2.75, 3.05) is 13.0 Å². The van der Waals surface area contributed by atoms with Crippen molar-refractivity contribution in [3.05, 3.63) is 36.5 Å². The number of rotatable bonds is 17. The predicted molar refractivity (Wildman–Crippen MR) is 117 cm³/mol. The Hall–Kier alpha value is -0.730. The van der Waals surface area contributed by atoms with E-state index in [1.165, 1.54) is 12.8 Å². The topological polar surface area (TPSA) is 75.6 Å². The van der Waals surface area contributed by atoms with Crippen LogP contribution in [0.4, 0.5) is 0 Å². The van der Waals surface area contributed by atoms with Gasteiger partial charge in [-0.3, -0.25) is 9.36 Å². The molecule has 2 atom stereocenters. The van der Waals surface area contributed by atoms with E-state index in [9.17, 15) is 9.36 Å². The maximum absolute atomic E-state index is 11.6. The van der Waals surface area contributed by atoms with Crippen LogP contribution in [0.1, 0.15) is 71.1 Å². The Morgan fingerprint density at radius 1 is 1.00 bits per heavy atom. The number of hydrogen-bond acceptors (Lipinski definition) is 3. The molecule has 2 unspecified atom stereocenters. The third kappa shape index (κ3) is 23.2. The molecule has 0 aliphatic carbocycles. The van der Waals surface area contributed by atoms with Crippen LogP contribution in [0.2, 0.25) is 0 Å². The standard InChI is InChI=1S/C20H37NO4P2/c1-3-4-5-6-7-8-9-10-11-12-13-14-15-16-17-18-20(22)21-26-19-25-27(2,23)24/h4-5,7-8,10-11,26H,3,6,9,12-19H2,1-2H3,(H,21,22)(H,23,24)/b5-4-,8-7-,11-10-. The fourth-order valence-corrected chi connectivity index (χ4v) is 3.86. The fourth-order valence-electron chi connectivity index (χ4n) is 2.25. The highest BCUT2D eigenvalue weighted by Crippen LogP contribution is 2.37. The van der Waals surface area contributed by atoms with Gasteiger partial charge in [0.25, 0.3) is 0 Å². The maximum Gasteiger partial charge on any atom is 0.325 e. The van der Waals surface area contributed by atoms with Crippen molar-refractivity contribution in [2.24, 2.45) is 0 Å². The molecular weight excluding hydrogens is 380 g/mol. The van der Waals surface area contributed by atoms with Crippen LogP contribution in [0.25, 0.3) is 0 Å². The van der Waals surface area contributed by atoms with Crippen LogP contribution in [0.3, 0.4) is 0 Å². The second-order valence-electron chi connectivity index (χ2n) is 6.40. The highest BCUT2D eigenvalue weighted by Gasteiger charge is 2.09. The second kappa shape index (κ2) is 18.6. The molecule has 0 rings (SSSR count). The SMILES string of the molecule is CC/C=C\C/C=C\C/C=C\CCCCCCCC(=O)NPCOP(C)(=O)O. The molecule has 0 aliphatic rings. The summed E-state index contributed by atoms with van der Waals surface area (Å²) in [6.07, 6.45) is 23.6. The summed E-state index contributed by atoms with van der Waals surface area (Å²) in [4.78, 5) is 20.5. The van der Waals surface area contributed by atoms with Crippen molar-refractivity contribution >= 4 is 22.2 Å². The summed E-state index contributed by atoms with van der Waals surface area (Å²) in [6, 6.07) is 0. The van der Waals surface area contributed by atoms with E-state index < -0.39 is 7.60 Å². The van der Waals surface area contributed by atoms with Crippen molar-refractivity contribution in [1.82, 2.24) is 5.09 Å². The highest BCUT2D eigenvalue weighted by molar-refractivity contribution is 7.52. The predicted octanol–water partition coefficient (Wildman–Crippen LogP) is 6.07. The Kier molecular flexibility index (Phi) is 18.1. The number of nitrogens with one attached hydrogen (secondary N) is 1. The van der Waals surface area contributed by atoms with E-state index in [4.69, 9.17) is 9.42 Å². The molecule has 5 nitrogen and oxygen atoms in total. The zero-order chi connectivity index (χ0) is 20.2. The molecule has 0 aliphatic heterocycles. The van der Waals surface area contributed by atoms with Crippen LogP contribution in [0.5, 0.6) is 0 Å². The van der Waals surface area contributed by atoms with Gasteiger partial charge in [0, 0.05) is 21.8 Å². The summed E-state index contributed by atoms with van der Waals surface area (Å²) >= 11 is 0. The Bertz CT molecular complexity index is 498. The monoisotopic (exact) mass is 417 g/mol. The maximum atomic E-state index is 11.6. The molecule has 27 heavy (non-hydrogen) atoms. The average Bonchev–Trinajstić information content (AvgIpc) is 2.61. The number of carbonyl (C=O) groups is 1. The third-order valence-corrected chi connectivity index (χ3v) is 5.25. The number of unbranched alkanes of at least 4 members (excludes halogenated alkanes) is 5. The minimum atomic E-state index is -3.43. The molecule has 156 valence electrons. The van der Waals surface area contributed by atoms with Crippen molar-refractivity contribution in [1.29, 1.82) is 0 Å². The fraction of sp³-hybridized carbons (Fsp3) is 0.650. The minimum absolute atomic E-state index is 0.0121. The smallest absolute Gasteiger partial charge is 0.325 e. The summed E-state index contributed by atoms with van der Waals surface area (Å²) in [5.41, 5.74) is 0. The second-order valence-corrected chi connectivity index (χ2v) is 9.16. The van der Waals surface area contributed by atoms with Gasteiger partial charge in [0.15, 0.2) is 0 Å². The Balaban J connectivity index is 3.37. The van der Waals surface area contributed by atoms with Crippen molar-refractivity contribution in [2.45, 2.75) is 71.1 Å². The lowest BCUT2D eigenvalue weighted by molar-refractivity contribution is -0.119. The number of amides is 1. The molecule has 0 spiro atoms. The molecule has 0 fully saturated rings. The van der Waals surface area contributed by atoms with E-state index in [0.29, 0.717) is 6.42 Å². The van der Waals surface area contributed by atoms with Gasteiger partial charge in [-0.25, -0.2) is 0 Å². The Morgan fingerprint density at radius 3 is 2.26 bits per heavy atom. The Morgan fingerprint density at radius 2 is 1.59 bits per heavy atom. The number of carbonyl (C=O) groups excluding carboxylic acids is 1. The van der Waals surface area contributed by atoms with Crippen molar-refractivity contribution < 1.29 is 18.8 Å². The summed E-state index contributed by atoms with van der Waals surface area (Å²) in [6.45, 7) is 3.28. The minimum Gasteiger partial charge on any atom is -0.336 e. The zero-order valence-electron chi connectivity index (χ0n) is 16.9. The van der Waals surface area contributed by atoms with Gasteiger partial charge in [0.2, 0.25) is 5.91 Å². The van der Waals surface area contributed by atoms with Crippen LogP contribution >= 0.6 is 16.3 Å².